The van der Waals surface area contributed by atoms with Crippen molar-refractivity contribution in [1.29, 1.82) is 0 Å². The molecule has 0 bridgehead atoms. The smallest absolute Gasteiger partial charge is 0.307 e. The second kappa shape index (κ2) is 8.15. The normalized spacial score (nSPS) is 16.1. The van der Waals surface area contributed by atoms with Crippen LogP contribution in [0, 0.1) is 11.8 Å². The molecule has 0 saturated carbocycles. The molecule has 2 rings (SSSR count). The number of nitrogens with zero attached hydrogens (tertiary/aromatic N) is 2. The zero-order chi connectivity index (χ0) is 17.7. The Morgan fingerprint density at radius 3 is 2.29 bits per heavy atom. The van der Waals surface area contributed by atoms with Crippen LogP contribution in [0.1, 0.15) is 20.3 Å². The first-order chi connectivity index (χ1) is 11.4. The second-order valence-corrected chi connectivity index (χ2v) is 6.46. The molecule has 0 radical (unpaired) electrons. The van der Waals surface area contributed by atoms with E-state index in [1.54, 1.807) is 7.05 Å². The molecule has 1 unspecified atom stereocenters. The number of benzene rings is 1. The third kappa shape index (κ3) is 4.47. The van der Waals surface area contributed by atoms with Gasteiger partial charge in [0, 0.05) is 37.9 Å². The van der Waals surface area contributed by atoms with Crippen molar-refractivity contribution >= 4 is 23.3 Å². The standard InChI is InChI=1S/C18H26N2O4/c1-13(2)16(18(22)23)12-17(21)19(3)14-4-6-15(7-5-14)20-8-10-24-11-9-20/h4-7,13,16H,8-12H2,1-3H3,(H,22,23). The highest BCUT2D eigenvalue weighted by Gasteiger charge is 2.26. The molecule has 1 aliphatic heterocycles. The maximum Gasteiger partial charge on any atom is 0.307 e. The van der Waals surface area contributed by atoms with Gasteiger partial charge in [0.2, 0.25) is 5.91 Å². The number of carbonyl (C=O) groups excluding carboxylic acids is 1. The number of aliphatic carboxylic acids is 1. The summed E-state index contributed by atoms with van der Waals surface area (Å²) >= 11 is 0. The maximum atomic E-state index is 12.4. The first kappa shape index (κ1) is 18.3. The van der Waals surface area contributed by atoms with Gasteiger partial charge in [-0.15, -0.1) is 0 Å². The van der Waals surface area contributed by atoms with E-state index in [0.717, 1.165) is 37.7 Å². The van der Waals surface area contributed by atoms with Crippen LogP contribution in [0.5, 0.6) is 0 Å². The molecule has 1 aromatic carbocycles. The molecule has 6 heteroatoms. The monoisotopic (exact) mass is 334 g/mol. The molecule has 24 heavy (non-hydrogen) atoms. The van der Waals surface area contributed by atoms with Crippen molar-refractivity contribution < 1.29 is 19.4 Å². The van der Waals surface area contributed by atoms with Crippen molar-refractivity contribution in [2.45, 2.75) is 20.3 Å². The Labute approximate surface area is 143 Å². The summed E-state index contributed by atoms with van der Waals surface area (Å²) in [6, 6.07) is 7.77. The summed E-state index contributed by atoms with van der Waals surface area (Å²) in [7, 11) is 1.69. The first-order valence-electron chi connectivity index (χ1n) is 8.32. The lowest BCUT2D eigenvalue weighted by Gasteiger charge is -2.29. The van der Waals surface area contributed by atoms with Crippen LogP contribution in [-0.4, -0.2) is 50.3 Å². The van der Waals surface area contributed by atoms with Crippen molar-refractivity contribution in [2.75, 3.05) is 43.2 Å². The van der Waals surface area contributed by atoms with Crippen LogP contribution < -0.4 is 9.80 Å². The second-order valence-electron chi connectivity index (χ2n) is 6.46. The van der Waals surface area contributed by atoms with Gasteiger partial charge in [0.05, 0.1) is 19.1 Å². The van der Waals surface area contributed by atoms with E-state index in [0.29, 0.717) is 0 Å². The predicted molar refractivity (Wildman–Crippen MR) is 93.5 cm³/mol. The minimum absolute atomic E-state index is 0.00865. The van der Waals surface area contributed by atoms with E-state index in [4.69, 9.17) is 4.74 Å². The van der Waals surface area contributed by atoms with Crippen LogP contribution in [0.3, 0.4) is 0 Å². The number of hydrogen-bond acceptors (Lipinski definition) is 4. The van der Waals surface area contributed by atoms with E-state index in [9.17, 15) is 14.7 Å². The summed E-state index contributed by atoms with van der Waals surface area (Å²) in [6.07, 6.45) is 0.00865. The Balaban J connectivity index is 2.02. The number of rotatable bonds is 6. The van der Waals surface area contributed by atoms with Crippen molar-refractivity contribution in [1.82, 2.24) is 0 Å². The lowest BCUT2D eigenvalue weighted by Crippen LogP contribution is -2.36. The third-order valence-corrected chi connectivity index (χ3v) is 4.50. The lowest BCUT2D eigenvalue weighted by molar-refractivity contribution is -0.145. The molecule has 1 amide bonds. The SMILES string of the molecule is CC(C)C(CC(=O)N(C)c1ccc(N2CCOCC2)cc1)C(=O)O. The van der Waals surface area contributed by atoms with Gasteiger partial charge >= 0.3 is 5.97 Å². The van der Waals surface area contributed by atoms with E-state index in [1.807, 2.05) is 38.1 Å². The van der Waals surface area contributed by atoms with E-state index >= 15 is 0 Å². The van der Waals surface area contributed by atoms with Gasteiger partial charge in [-0.2, -0.15) is 0 Å². The van der Waals surface area contributed by atoms with Gasteiger partial charge in [0.15, 0.2) is 0 Å². The molecule has 1 aliphatic rings. The van der Waals surface area contributed by atoms with Gasteiger partial charge in [-0.05, 0) is 30.2 Å². The van der Waals surface area contributed by atoms with E-state index in [1.165, 1.54) is 4.90 Å². The fourth-order valence-corrected chi connectivity index (χ4v) is 2.79. The predicted octanol–water partition coefficient (Wildman–Crippen LogP) is 2.23. The Bertz CT molecular complexity index is 565. The van der Waals surface area contributed by atoms with E-state index in [-0.39, 0.29) is 18.2 Å². The molecular formula is C18H26N2O4. The van der Waals surface area contributed by atoms with Crippen LogP contribution in [0.4, 0.5) is 11.4 Å². The minimum atomic E-state index is -0.922. The largest absolute Gasteiger partial charge is 0.481 e. The molecule has 1 atom stereocenters. The van der Waals surface area contributed by atoms with Crippen LogP contribution >= 0.6 is 0 Å². The maximum absolute atomic E-state index is 12.4. The molecule has 1 saturated heterocycles. The van der Waals surface area contributed by atoms with Gasteiger partial charge in [-0.1, -0.05) is 13.8 Å². The van der Waals surface area contributed by atoms with Crippen molar-refractivity contribution in [3.63, 3.8) is 0 Å². The van der Waals surface area contributed by atoms with Crippen LogP contribution in [0.15, 0.2) is 24.3 Å². The highest BCUT2D eigenvalue weighted by molar-refractivity contribution is 5.95. The average molecular weight is 334 g/mol. The number of carboxylic acids is 1. The fourth-order valence-electron chi connectivity index (χ4n) is 2.79. The van der Waals surface area contributed by atoms with E-state index in [2.05, 4.69) is 4.90 Å². The molecular weight excluding hydrogens is 308 g/mol. The molecule has 0 aliphatic carbocycles. The molecule has 0 spiro atoms. The first-order valence-corrected chi connectivity index (χ1v) is 8.32. The number of carbonyl (C=O) groups is 2. The highest BCUT2D eigenvalue weighted by atomic mass is 16.5. The lowest BCUT2D eigenvalue weighted by atomic mass is 9.92. The molecule has 1 fully saturated rings. The van der Waals surface area contributed by atoms with Crippen molar-refractivity contribution in [3.05, 3.63) is 24.3 Å². The fraction of sp³-hybridized carbons (Fsp3) is 0.556. The van der Waals surface area contributed by atoms with Crippen molar-refractivity contribution in [3.8, 4) is 0 Å². The molecule has 0 aromatic heterocycles. The molecule has 1 heterocycles. The van der Waals surface area contributed by atoms with Crippen LogP contribution in [0.25, 0.3) is 0 Å². The molecule has 132 valence electrons. The Kier molecular flexibility index (Phi) is 6.20. The van der Waals surface area contributed by atoms with Gasteiger partial charge in [-0.25, -0.2) is 0 Å². The molecule has 6 nitrogen and oxygen atoms in total. The summed E-state index contributed by atoms with van der Waals surface area (Å²) in [5.41, 5.74) is 1.87. The van der Waals surface area contributed by atoms with Gasteiger partial charge in [0.1, 0.15) is 0 Å². The highest BCUT2D eigenvalue weighted by Crippen LogP contribution is 2.23. The van der Waals surface area contributed by atoms with Crippen LogP contribution in [-0.2, 0) is 14.3 Å². The number of carboxylic acid groups (broad SMARTS) is 1. The summed E-state index contributed by atoms with van der Waals surface area (Å²) in [4.78, 5) is 27.4. The van der Waals surface area contributed by atoms with Gasteiger partial charge in [-0.3, -0.25) is 9.59 Å². The number of ether oxygens (including phenoxy) is 1. The Morgan fingerprint density at radius 1 is 1.21 bits per heavy atom. The average Bonchev–Trinajstić information content (AvgIpc) is 2.59. The topological polar surface area (TPSA) is 70.1 Å². The Morgan fingerprint density at radius 2 is 1.79 bits per heavy atom. The van der Waals surface area contributed by atoms with Gasteiger partial charge in [0.25, 0.3) is 0 Å². The van der Waals surface area contributed by atoms with Crippen molar-refractivity contribution in [2.24, 2.45) is 11.8 Å². The summed E-state index contributed by atoms with van der Waals surface area (Å²) in [6.45, 7) is 6.83. The summed E-state index contributed by atoms with van der Waals surface area (Å²) in [5.74, 6) is -1.85. The molecule has 1 aromatic rings. The summed E-state index contributed by atoms with van der Waals surface area (Å²) in [5, 5.41) is 9.24. The minimum Gasteiger partial charge on any atom is -0.481 e. The number of morpholine rings is 1. The number of hydrogen-bond donors (Lipinski definition) is 1. The number of amides is 1. The van der Waals surface area contributed by atoms with Crippen LogP contribution in [0.2, 0.25) is 0 Å². The van der Waals surface area contributed by atoms with E-state index < -0.39 is 11.9 Å². The van der Waals surface area contributed by atoms with Gasteiger partial charge < -0.3 is 19.6 Å². The quantitative estimate of drug-likeness (QED) is 0.864. The molecule has 1 N–H and O–H groups in total. The zero-order valence-electron chi connectivity index (χ0n) is 14.6. The number of anilines is 2. The zero-order valence-corrected chi connectivity index (χ0v) is 14.6. The third-order valence-electron chi connectivity index (χ3n) is 4.50. The summed E-state index contributed by atoms with van der Waals surface area (Å²) < 4.78 is 5.35. The Hall–Kier alpha value is -2.08.